The first-order valence-corrected chi connectivity index (χ1v) is 19.8. The molecule has 1 saturated carbocycles. The van der Waals surface area contributed by atoms with Crippen molar-refractivity contribution in [2.45, 2.75) is 69.5 Å². The summed E-state index contributed by atoms with van der Waals surface area (Å²) in [6.45, 7) is 1.60. The van der Waals surface area contributed by atoms with E-state index in [0.717, 1.165) is 18.4 Å². The Kier molecular flexibility index (Phi) is 19.7. The van der Waals surface area contributed by atoms with Gasteiger partial charge in [-0.05, 0) is 98.7 Å². The van der Waals surface area contributed by atoms with E-state index in [-0.39, 0.29) is 48.1 Å². The second-order valence-electron chi connectivity index (χ2n) is 14.4. The molecule has 1 aliphatic heterocycles. The molecule has 358 valence electrons. The second-order valence-corrected chi connectivity index (χ2v) is 14.4. The number of ether oxygens (including phenoxy) is 1. The Morgan fingerprint density at radius 1 is 0.788 bits per heavy atom. The summed E-state index contributed by atoms with van der Waals surface area (Å²) in [5.74, 6) is -6.18. The number of carboxylic acid groups (broad SMARTS) is 2. The quantitative estimate of drug-likeness (QED) is 0.0407. The number of benzene rings is 3. The molecular weight excluding hydrogens is 892 g/mol. The van der Waals surface area contributed by atoms with Crippen LogP contribution in [0.5, 0.6) is 5.75 Å². The molecule has 1 atom stereocenters. The number of aliphatic imine (C=N–C) groups is 1. The van der Waals surface area contributed by atoms with E-state index < -0.39 is 30.3 Å². The monoisotopic (exact) mass is 939 g/mol. The molecule has 1 aliphatic carbocycles. The maximum atomic E-state index is 13.5. The van der Waals surface area contributed by atoms with Gasteiger partial charge >= 0.3 is 24.3 Å². The highest BCUT2D eigenvalue weighted by Crippen LogP contribution is 2.33. The van der Waals surface area contributed by atoms with Crippen molar-refractivity contribution in [3.05, 3.63) is 89.0 Å². The molecule has 5 rings (SSSR count). The number of alkyl halides is 6. The fourth-order valence-corrected chi connectivity index (χ4v) is 5.54. The molecular formula is C41H47F6N9O10. The van der Waals surface area contributed by atoms with Gasteiger partial charge in [-0.15, -0.1) is 0 Å². The Morgan fingerprint density at radius 3 is 1.86 bits per heavy atom. The maximum absolute atomic E-state index is 13.5. The van der Waals surface area contributed by atoms with Gasteiger partial charge in [0.2, 0.25) is 5.91 Å². The van der Waals surface area contributed by atoms with Crippen LogP contribution in [-0.2, 0) is 25.7 Å². The summed E-state index contributed by atoms with van der Waals surface area (Å²) in [7, 11) is 0. The van der Waals surface area contributed by atoms with E-state index in [0.29, 0.717) is 85.7 Å². The van der Waals surface area contributed by atoms with Crippen LogP contribution in [0.1, 0.15) is 75.2 Å². The lowest BCUT2D eigenvalue weighted by atomic mass is 10.1. The highest BCUT2D eigenvalue weighted by atomic mass is 19.4. The summed E-state index contributed by atoms with van der Waals surface area (Å²) in [5.41, 5.74) is 19.8. The highest BCUT2D eigenvalue weighted by molar-refractivity contribution is 6.04. The van der Waals surface area contributed by atoms with Gasteiger partial charge in [0.15, 0.2) is 12.6 Å². The number of hydrogen-bond acceptors (Lipinski definition) is 10. The molecule has 0 aromatic heterocycles. The van der Waals surface area contributed by atoms with Crippen LogP contribution in [-0.4, -0.2) is 113 Å². The van der Waals surface area contributed by atoms with Crippen LogP contribution in [0.3, 0.4) is 0 Å². The first-order chi connectivity index (χ1) is 31.0. The number of guanidine groups is 1. The third kappa shape index (κ3) is 18.3. The van der Waals surface area contributed by atoms with E-state index >= 15 is 0 Å². The van der Waals surface area contributed by atoms with Crippen molar-refractivity contribution < 1.29 is 74.9 Å². The number of carboxylic acids is 2. The Hall–Kier alpha value is -7.44. The van der Waals surface area contributed by atoms with Crippen molar-refractivity contribution in [2.24, 2.45) is 22.2 Å². The average molecular weight is 940 g/mol. The van der Waals surface area contributed by atoms with Crippen molar-refractivity contribution in [1.29, 1.82) is 0 Å². The SMILES string of the molecule is NC(N)=NCCC[C@H](N)C(=O)NCCCCNC(=O)c1ccc(NC(=O)c2ccc(CN(C(=O)c3ccc4c(c3)OCC(=O)N4)C3CC3)cc2)cc1.O=C(O)C(F)(F)F.O=C(O)C(F)(F)F. The number of carbonyl (C=O) groups is 7. The van der Waals surface area contributed by atoms with E-state index in [1.165, 1.54) is 0 Å². The molecule has 1 fully saturated rings. The van der Waals surface area contributed by atoms with Gasteiger partial charge in [0.1, 0.15) is 5.75 Å². The van der Waals surface area contributed by atoms with Gasteiger partial charge < -0.3 is 58.3 Å². The van der Waals surface area contributed by atoms with E-state index in [4.69, 9.17) is 41.7 Å². The van der Waals surface area contributed by atoms with Crippen molar-refractivity contribution in [3.8, 4) is 5.75 Å². The number of nitrogens with one attached hydrogen (secondary N) is 4. The molecule has 3 aromatic carbocycles. The van der Waals surface area contributed by atoms with E-state index in [2.05, 4.69) is 26.3 Å². The third-order valence-corrected chi connectivity index (χ3v) is 9.06. The molecule has 0 bridgehead atoms. The molecule has 0 unspecified atom stereocenters. The number of unbranched alkanes of at least 4 members (excludes halogenated alkanes) is 1. The van der Waals surface area contributed by atoms with Crippen molar-refractivity contribution in [1.82, 2.24) is 15.5 Å². The van der Waals surface area contributed by atoms with Crippen LogP contribution in [0, 0.1) is 0 Å². The molecule has 3 aromatic rings. The van der Waals surface area contributed by atoms with Crippen LogP contribution in [0.2, 0.25) is 0 Å². The minimum absolute atomic E-state index is 0.00875. The fourth-order valence-electron chi connectivity index (χ4n) is 5.54. The van der Waals surface area contributed by atoms with Gasteiger partial charge in [0.05, 0.1) is 11.7 Å². The predicted octanol–water partition coefficient (Wildman–Crippen LogP) is 3.35. The Morgan fingerprint density at radius 2 is 1.32 bits per heavy atom. The summed E-state index contributed by atoms with van der Waals surface area (Å²) >= 11 is 0. The van der Waals surface area contributed by atoms with Crippen LogP contribution in [0.15, 0.2) is 71.7 Å². The summed E-state index contributed by atoms with van der Waals surface area (Å²) in [5, 5.41) is 25.5. The molecule has 0 radical (unpaired) electrons. The molecule has 0 spiro atoms. The highest BCUT2D eigenvalue weighted by Gasteiger charge is 2.39. The van der Waals surface area contributed by atoms with Crippen molar-refractivity contribution in [3.63, 3.8) is 0 Å². The number of hydrogen-bond donors (Lipinski definition) is 9. The van der Waals surface area contributed by atoms with Gasteiger partial charge in [-0.2, -0.15) is 26.3 Å². The zero-order valence-corrected chi connectivity index (χ0v) is 34.8. The number of aliphatic carboxylic acids is 2. The van der Waals surface area contributed by atoms with Crippen molar-refractivity contribution >= 4 is 58.8 Å². The molecule has 1 heterocycles. The molecule has 25 heteroatoms. The lowest BCUT2D eigenvalue weighted by Gasteiger charge is -2.24. The average Bonchev–Trinajstić information content (AvgIpc) is 4.11. The van der Waals surface area contributed by atoms with Crippen LogP contribution in [0.25, 0.3) is 0 Å². The molecule has 66 heavy (non-hydrogen) atoms. The molecule has 19 nitrogen and oxygen atoms in total. The largest absolute Gasteiger partial charge is 0.490 e. The van der Waals surface area contributed by atoms with Gasteiger partial charge in [-0.3, -0.25) is 29.0 Å². The summed E-state index contributed by atoms with van der Waals surface area (Å²) in [6, 6.07) is 18.2. The number of nitrogens with two attached hydrogens (primary N) is 3. The summed E-state index contributed by atoms with van der Waals surface area (Å²) < 4.78 is 69.0. The number of rotatable bonds is 17. The minimum atomic E-state index is -5.08. The lowest BCUT2D eigenvalue weighted by Crippen LogP contribution is -2.41. The summed E-state index contributed by atoms with van der Waals surface area (Å²) in [4.78, 5) is 86.2. The zero-order valence-electron chi connectivity index (χ0n) is 34.8. The number of halogens is 6. The van der Waals surface area contributed by atoms with Gasteiger partial charge in [0.25, 0.3) is 23.6 Å². The van der Waals surface area contributed by atoms with Crippen LogP contribution >= 0.6 is 0 Å². The van der Waals surface area contributed by atoms with Gasteiger partial charge in [-0.25, -0.2) is 9.59 Å². The van der Waals surface area contributed by atoms with E-state index in [1.54, 1.807) is 54.6 Å². The first kappa shape index (κ1) is 52.9. The molecule has 2 aliphatic rings. The second kappa shape index (κ2) is 24.6. The summed E-state index contributed by atoms with van der Waals surface area (Å²) in [6.07, 6.45) is -5.91. The number of anilines is 2. The van der Waals surface area contributed by atoms with Crippen LogP contribution < -0.4 is 43.2 Å². The Labute approximate surface area is 372 Å². The number of nitrogens with zero attached hydrogens (tertiary/aromatic N) is 2. The predicted molar refractivity (Wildman–Crippen MR) is 224 cm³/mol. The standard InChI is InChI=1S/C37H45N9O6.2C2HF3O2/c38-29(4-3-19-43-37(39)40)35(50)42-18-2-1-17-41-33(48)24-9-12-27(13-10-24)44-34(49)25-7-5-23(6-8-25)21-46(28-14-15-28)36(51)26-11-16-30-31(20-26)52-22-32(47)45-30;2*3-2(4,5)1(6)7/h5-13,16,20,28-29H,1-4,14-15,17-19,21-22,38H2,(H,41,48)(H,42,50)(H,44,49)(H,45,47)(H4,39,40,43);2*(H,6,7)/t29-;;/m0../s1. The topological polar surface area (TPSA) is 311 Å². The Balaban J connectivity index is 0.000000715. The molecule has 12 N–H and O–H groups in total. The van der Waals surface area contributed by atoms with E-state index in [1.807, 2.05) is 17.0 Å². The normalized spacial score (nSPS) is 13.2. The first-order valence-electron chi connectivity index (χ1n) is 19.8. The smallest absolute Gasteiger partial charge is 0.482 e. The number of carbonyl (C=O) groups excluding carboxylic acids is 5. The van der Waals surface area contributed by atoms with Crippen LogP contribution in [0.4, 0.5) is 37.7 Å². The van der Waals surface area contributed by atoms with Crippen molar-refractivity contribution in [2.75, 3.05) is 36.9 Å². The minimum Gasteiger partial charge on any atom is -0.482 e. The third-order valence-electron chi connectivity index (χ3n) is 9.06. The molecule has 5 amide bonds. The Bertz CT molecular complexity index is 2190. The lowest BCUT2D eigenvalue weighted by molar-refractivity contribution is -0.193. The number of fused-ring (bicyclic) bond motifs is 1. The zero-order chi connectivity index (χ0) is 49.2. The van der Waals surface area contributed by atoms with Gasteiger partial charge in [-0.1, -0.05) is 12.1 Å². The fraction of sp³-hybridized carbons (Fsp3) is 0.366. The van der Waals surface area contributed by atoms with E-state index in [9.17, 15) is 50.3 Å². The van der Waals surface area contributed by atoms with Gasteiger partial charge in [0, 0.05) is 54.6 Å². The number of amides is 5. The maximum Gasteiger partial charge on any atom is 0.490 e. The molecule has 0 saturated heterocycles.